The predicted octanol–water partition coefficient (Wildman–Crippen LogP) is 3.90. The van der Waals surface area contributed by atoms with Crippen LogP contribution in [0.1, 0.15) is 70.6 Å². The molecule has 2 nitrogen and oxygen atoms in total. The van der Waals surface area contributed by atoms with Gasteiger partial charge >= 0.3 is 0 Å². The van der Waals surface area contributed by atoms with Gasteiger partial charge in [-0.25, -0.2) is 0 Å². The van der Waals surface area contributed by atoms with Crippen LogP contribution in [0.2, 0.25) is 0 Å². The Morgan fingerprint density at radius 2 is 1.45 bits per heavy atom. The van der Waals surface area contributed by atoms with Gasteiger partial charge in [0, 0.05) is 12.5 Å². The third kappa shape index (κ3) is 2.51. The van der Waals surface area contributed by atoms with Crippen LogP contribution in [0, 0.1) is 29.6 Å². The summed E-state index contributed by atoms with van der Waals surface area (Å²) in [5.74, 6) is 4.70. The molecule has 5 aliphatic carbocycles. The van der Waals surface area contributed by atoms with E-state index >= 15 is 0 Å². The van der Waals surface area contributed by atoms with Gasteiger partial charge in [-0.15, -0.1) is 0 Å². The van der Waals surface area contributed by atoms with Gasteiger partial charge in [0.25, 0.3) is 0 Å². The molecule has 0 unspecified atom stereocenters. The number of hydrogen-bond acceptors (Lipinski definition) is 1. The zero-order valence-corrected chi connectivity index (χ0v) is 12.7. The maximum atomic E-state index is 12.4. The van der Waals surface area contributed by atoms with Crippen LogP contribution in [0.15, 0.2) is 0 Å². The molecule has 0 saturated heterocycles. The van der Waals surface area contributed by atoms with E-state index in [1.165, 1.54) is 64.2 Å². The Bertz CT molecular complexity index is 344. The van der Waals surface area contributed by atoms with Crippen LogP contribution in [0.5, 0.6) is 0 Å². The van der Waals surface area contributed by atoms with Gasteiger partial charge in [-0.2, -0.15) is 0 Å². The molecular formula is C18H29NO. The lowest BCUT2D eigenvalue weighted by molar-refractivity contribution is -0.126. The summed E-state index contributed by atoms with van der Waals surface area (Å²) in [6.07, 6.45) is 14.6. The van der Waals surface area contributed by atoms with Gasteiger partial charge in [-0.1, -0.05) is 19.3 Å². The summed E-state index contributed by atoms with van der Waals surface area (Å²) in [6, 6.07) is 0.541. The zero-order valence-electron chi connectivity index (χ0n) is 12.7. The van der Waals surface area contributed by atoms with Crippen LogP contribution < -0.4 is 5.32 Å². The fourth-order valence-corrected chi connectivity index (χ4v) is 6.06. The maximum Gasteiger partial charge on any atom is 0.220 e. The van der Waals surface area contributed by atoms with Crippen LogP contribution in [-0.2, 0) is 4.79 Å². The Kier molecular flexibility index (Phi) is 3.52. The molecule has 5 aliphatic rings. The molecule has 0 spiro atoms. The Morgan fingerprint density at radius 1 is 0.850 bits per heavy atom. The molecule has 0 heterocycles. The van der Waals surface area contributed by atoms with Crippen LogP contribution in [0.25, 0.3) is 0 Å². The van der Waals surface area contributed by atoms with Gasteiger partial charge in [0.1, 0.15) is 0 Å². The highest BCUT2D eigenvalue weighted by molar-refractivity contribution is 5.76. The highest BCUT2D eigenvalue weighted by Gasteiger charge is 2.48. The Morgan fingerprint density at radius 3 is 2.05 bits per heavy atom. The fourth-order valence-electron chi connectivity index (χ4n) is 6.06. The lowest BCUT2D eigenvalue weighted by atomic mass is 9.54. The maximum absolute atomic E-state index is 12.4. The minimum Gasteiger partial charge on any atom is -0.353 e. The Labute approximate surface area is 123 Å². The molecule has 5 saturated carbocycles. The number of rotatable bonds is 3. The molecule has 0 aliphatic heterocycles. The van der Waals surface area contributed by atoms with E-state index in [0.29, 0.717) is 17.9 Å². The topological polar surface area (TPSA) is 29.1 Å². The van der Waals surface area contributed by atoms with Crippen LogP contribution >= 0.6 is 0 Å². The van der Waals surface area contributed by atoms with Crippen molar-refractivity contribution in [1.29, 1.82) is 0 Å². The highest BCUT2D eigenvalue weighted by Crippen LogP contribution is 2.53. The van der Waals surface area contributed by atoms with E-state index in [-0.39, 0.29) is 0 Å². The first-order valence-electron chi connectivity index (χ1n) is 9.07. The van der Waals surface area contributed by atoms with Crippen LogP contribution in [0.4, 0.5) is 0 Å². The van der Waals surface area contributed by atoms with E-state index in [9.17, 15) is 4.79 Å². The first-order chi connectivity index (χ1) is 9.78. The summed E-state index contributed by atoms with van der Waals surface area (Å²) < 4.78 is 0. The van der Waals surface area contributed by atoms with E-state index < -0.39 is 0 Å². The SMILES string of the molecule is O=C(CC1CCCCC1)NC1C2CC3CC(C2)CC1C3. The molecule has 0 aromatic carbocycles. The molecule has 1 N–H and O–H groups in total. The Balaban J connectivity index is 1.33. The smallest absolute Gasteiger partial charge is 0.220 e. The summed E-state index contributed by atoms with van der Waals surface area (Å²) >= 11 is 0. The zero-order chi connectivity index (χ0) is 13.5. The van der Waals surface area contributed by atoms with Crippen molar-refractivity contribution < 1.29 is 4.79 Å². The third-order valence-electron chi connectivity index (χ3n) is 6.75. The Hall–Kier alpha value is -0.530. The number of amides is 1. The molecule has 20 heavy (non-hydrogen) atoms. The molecule has 112 valence electrons. The largest absolute Gasteiger partial charge is 0.353 e. The fraction of sp³-hybridized carbons (Fsp3) is 0.944. The summed E-state index contributed by atoms with van der Waals surface area (Å²) in [4.78, 5) is 12.4. The van der Waals surface area contributed by atoms with Gasteiger partial charge in [0.2, 0.25) is 5.91 Å². The van der Waals surface area contributed by atoms with Crippen molar-refractivity contribution in [2.45, 2.75) is 76.7 Å². The van der Waals surface area contributed by atoms with Crippen molar-refractivity contribution in [1.82, 2.24) is 5.32 Å². The van der Waals surface area contributed by atoms with Crippen LogP contribution in [0.3, 0.4) is 0 Å². The first-order valence-corrected chi connectivity index (χ1v) is 9.07. The van der Waals surface area contributed by atoms with Crippen molar-refractivity contribution in [3.63, 3.8) is 0 Å². The molecule has 4 bridgehead atoms. The van der Waals surface area contributed by atoms with E-state index in [1.807, 2.05) is 0 Å². The van der Waals surface area contributed by atoms with Crippen LogP contribution in [-0.4, -0.2) is 11.9 Å². The summed E-state index contributed by atoms with van der Waals surface area (Å²) in [5, 5.41) is 3.47. The number of nitrogens with one attached hydrogen (secondary N) is 1. The molecule has 0 aromatic rings. The second-order valence-corrected chi connectivity index (χ2v) is 8.23. The average Bonchev–Trinajstić information content (AvgIpc) is 2.43. The van der Waals surface area contributed by atoms with Crippen molar-refractivity contribution in [3.8, 4) is 0 Å². The van der Waals surface area contributed by atoms with Gasteiger partial charge < -0.3 is 5.32 Å². The second kappa shape index (κ2) is 5.35. The molecule has 0 atom stereocenters. The average molecular weight is 275 g/mol. The van der Waals surface area contributed by atoms with Crippen molar-refractivity contribution in [2.75, 3.05) is 0 Å². The van der Waals surface area contributed by atoms with Crippen molar-refractivity contribution >= 4 is 5.91 Å². The number of carbonyl (C=O) groups is 1. The van der Waals surface area contributed by atoms with E-state index in [4.69, 9.17) is 0 Å². The molecular weight excluding hydrogens is 246 g/mol. The second-order valence-electron chi connectivity index (χ2n) is 8.23. The summed E-state index contributed by atoms with van der Waals surface area (Å²) in [5.41, 5.74) is 0. The molecule has 1 amide bonds. The predicted molar refractivity (Wildman–Crippen MR) is 80.2 cm³/mol. The lowest BCUT2D eigenvalue weighted by Gasteiger charge is -2.54. The number of carbonyl (C=O) groups excluding carboxylic acids is 1. The lowest BCUT2D eigenvalue weighted by Crippen LogP contribution is -2.56. The molecule has 0 aromatic heterocycles. The van der Waals surface area contributed by atoms with Crippen molar-refractivity contribution in [3.05, 3.63) is 0 Å². The molecule has 2 heteroatoms. The van der Waals surface area contributed by atoms with Crippen molar-refractivity contribution in [2.24, 2.45) is 29.6 Å². The van der Waals surface area contributed by atoms with E-state index in [2.05, 4.69) is 5.32 Å². The molecule has 5 rings (SSSR count). The highest BCUT2D eigenvalue weighted by atomic mass is 16.1. The standard InChI is InChI=1S/C18H29NO/c20-17(11-12-4-2-1-3-5-12)19-18-15-7-13-6-14(9-15)10-16(18)8-13/h12-16,18H,1-11H2,(H,19,20). The minimum absolute atomic E-state index is 0.370. The monoisotopic (exact) mass is 275 g/mol. The van der Waals surface area contributed by atoms with E-state index in [1.54, 1.807) is 0 Å². The summed E-state index contributed by atoms with van der Waals surface area (Å²) in [6.45, 7) is 0. The number of hydrogen-bond donors (Lipinski definition) is 1. The van der Waals surface area contributed by atoms with Gasteiger partial charge in [0.05, 0.1) is 0 Å². The van der Waals surface area contributed by atoms with Gasteiger partial charge in [-0.3, -0.25) is 4.79 Å². The van der Waals surface area contributed by atoms with Gasteiger partial charge in [0.15, 0.2) is 0 Å². The van der Waals surface area contributed by atoms with E-state index in [0.717, 1.165) is 30.1 Å². The normalized spacial score (nSPS) is 43.7. The quantitative estimate of drug-likeness (QED) is 0.831. The summed E-state index contributed by atoms with van der Waals surface area (Å²) in [7, 11) is 0. The molecule has 5 fully saturated rings. The minimum atomic E-state index is 0.370. The first kappa shape index (κ1) is 13.2. The van der Waals surface area contributed by atoms with Gasteiger partial charge in [-0.05, 0) is 74.5 Å². The molecule has 0 radical (unpaired) electrons. The third-order valence-corrected chi connectivity index (χ3v) is 6.75.